The van der Waals surface area contributed by atoms with Gasteiger partial charge in [0.25, 0.3) is 5.85 Å². The van der Waals surface area contributed by atoms with Crippen LogP contribution in [0.15, 0.2) is 16.9 Å². The normalized spacial score (nSPS) is 28.2. The molecule has 1 saturated heterocycles. The van der Waals surface area contributed by atoms with E-state index in [2.05, 4.69) is 4.99 Å². The lowest BCUT2D eigenvalue weighted by Crippen LogP contribution is -2.47. The van der Waals surface area contributed by atoms with Crippen molar-refractivity contribution in [2.45, 2.75) is 37.7 Å². The predicted octanol–water partition coefficient (Wildman–Crippen LogP) is 2.17. The molecule has 0 N–H and O–H groups in total. The molecule has 2 heterocycles. The number of nitrogens with zero attached hydrogens (tertiary/aromatic N) is 2. The molecule has 0 spiro atoms. The van der Waals surface area contributed by atoms with Gasteiger partial charge in [-0.15, -0.1) is 0 Å². The van der Waals surface area contributed by atoms with Gasteiger partial charge in [-0.25, -0.2) is 18.6 Å². The molecule has 2 rings (SSSR count). The van der Waals surface area contributed by atoms with Crippen molar-refractivity contribution in [2.24, 2.45) is 4.99 Å². The highest BCUT2D eigenvalue weighted by atomic mass is 35.5. The van der Waals surface area contributed by atoms with E-state index in [9.17, 15) is 13.6 Å². The van der Waals surface area contributed by atoms with E-state index in [1.54, 1.807) is 25.7 Å². The van der Waals surface area contributed by atoms with E-state index in [1.165, 1.54) is 0 Å². The lowest BCUT2D eigenvalue weighted by molar-refractivity contribution is -0.179. The smallest absolute Gasteiger partial charge is 0.332 e. The second kappa shape index (κ2) is 7.33. The molecule has 2 aliphatic rings. The first-order valence-electron chi connectivity index (χ1n) is 7.59. The number of ether oxygens (including phenoxy) is 3. The Kier molecular flexibility index (Phi) is 5.83. The molecule has 6 nitrogen and oxygen atoms in total. The first-order chi connectivity index (χ1) is 11.1. The summed E-state index contributed by atoms with van der Waals surface area (Å²) in [6, 6.07) is 0. The van der Waals surface area contributed by atoms with Crippen molar-refractivity contribution in [3.8, 4) is 0 Å². The van der Waals surface area contributed by atoms with Crippen LogP contribution in [0.25, 0.3) is 0 Å². The summed E-state index contributed by atoms with van der Waals surface area (Å²) in [6.07, 6.45) is 0.930. The van der Waals surface area contributed by atoms with Crippen LogP contribution in [-0.4, -0.2) is 66.6 Å². The third kappa shape index (κ3) is 4.64. The molecule has 1 fully saturated rings. The molecular weight excluding hydrogens is 346 g/mol. The quantitative estimate of drug-likeness (QED) is 0.435. The molecule has 2 aliphatic heterocycles. The summed E-state index contributed by atoms with van der Waals surface area (Å²) >= 11 is 5.87. The van der Waals surface area contributed by atoms with Crippen LogP contribution in [0.4, 0.5) is 8.78 Å². The standard InChI is InChI=1S/C15H21ClF2N2O4/c1-14(2,3)24-12(21)9-23-15(18)10(17)8-11(19-13(15)16)20-4-6-22-7-5-20/h8,13H,4-7,9H2,1-3H3. The molecule has 0 saturated carbocycles. The number of rotatable bonds is 3. The predicted molar refractivity (Wildman–Crippen MR) is 84.3 cm³/mol. The molecule has 0 aliphatic carbocycles. The van der Waals surface area contributed by atoms with Crippen molar-refractivity contribution in [2.75, 3.05) is 32.9 Å². The third-order valence-corrected chi connectivity index (χ3v) is 3.67. The van der Waals surface area contributed by atoms with Gasteiger partial charge in [0.2, 0.25) is 0 Å². The summed E-state index contributed by atoms with van der Waals surface area (Å²) in [6.45, 7) is 6.13. The molecule has 2 atom stereocenters. The van der Waals surface area contributed by atoms with E-state index in [4.69, 9.17) is 25.8 Å². The molecule has 0 bridgehead atoms. The van der Waals surface area contributed by atoms with Crippen LogP contribution in [0.1, 0.15) is 20.8 Å². The van der Waals surface area contributed by atoms with Gasteiger partial charge in [0.05, 0.1) is 13.2 Å². The summed E-state index contributed by atoms with van der Waals surface area (Å²) in [5.74, 6) is -4.83. The first-order valence-corrected chi connectivity index (χ1v) is 8.02. The van der Waals surface area contributed by atoms with Crippen molar-refractivity contribution in [1.29, 1.82) is 0 Å². The Labute approximate surface area is 144 Å². The Hall–Kier alpha value is -1.25. The van der Waals surface area contributed by atoms with Crippen molar-refractivity contribution >= 4 is 23.4 Å². The summed E-state index contributed by atoms with van der Waals surface area (Å²) in [5.41, 5.74) is -2.41. The van der Waals surface area contributed by atoms with Crippen molar-refractivity contribution < 1.29 is 27.8 Å². The number of halogens is 3. The van der Waals surface area contributed by atoms with Gasteiger partial charge >= 0.3 is 5.97 Å². The second-order valence-corrected chi connectivity index (χ2v) is 6.85. The second-order valence-electron chi connectivity index (χ2n) is 6.43. The molecule has 0 radical (unpaired) electrons. The van der Waals surface area contributed by atoms with Crippen molar-refractivity contribution in [3.05, 3.63) is 11.9 Å². The Morgan fingerprint density at radius 2 is 2.12 bits per heavy atom. The number of hydrogen-bond donors (Lipinski definition) is 0. The highest BCUT2D eigenvalue weighted by Gasteiger charge is 2.48. The van der Waals surface area contributed by atoms with Crippen molar-refractivity contribution in [3.63, 3.8) is 0 Å². The Morgan fingerprint density at radius 3 is 2.67 bits per heavy atom. The monoisotopic (exact) mass is 366 g/mol. The number of carbonyl (C=O) groups excluding carboxylic acids is 1. The van der Waals surface area contributed by atoms with Crippen LogP contribution in [-0.2, 0) is 19.0 Å². The Morgan fingerprint density at radius 1 is 1.50 bits per heavy atom. The number of esters is 1. The maximum atomic E-state index is 14.7. The van der Waals surface area contributed by atoms with Gasteiger partial charge in [-0.05, 0) is 20.8 Å². The van der Waals surface area contributed by atoms with E-state index in [0.717, 1.165) is 6.08 Å². The largest absolute Gasteiger partial charge is 0.458 e. The molecule has 0 aromatic rings. The summed E-state index contributed by atoms with van der Waals surface area (Å²) in [5, 5.41) is 0. The molecule has 136 valence electrons. The van der Waals surface area contributed by atoms with Gasteiger partial charge in [0.15, 0.2) is 11.3 Å². The Bertz CT molecular complexity index is 544. The van der Waals surface area contributed by atoms with Gasteiger partial charge in [0, 0.05) is 19.2 Å². The van der Waals surface area contributed by atoms with Crippen LogP contribution in [0.2, 0.25) is 0 Å². The van der Waals surface area contributed by atoms with E-state index >= 15 is 0 Å². The van der Waals surface area contributed by atoms with Crippen LogP contribution in [0, 0.1) is 0 Å². The SMILES string of the molecule is CC(C)(C)OC(=O)COC1(F)C(F)=CC(N2CCOCC2)=NC1Cl. The van der Waals surface area contributed by atoms with Gasteiger partial charge in [-0.3, -0.25) is 0 Å². The minimum Gasteiger partial charge on any atom is -0.458 e. The fourth-order valence-electron chi connectivity index (χ4n) is 2.20. The lowest BCUT2D eigenvalue weighted by Gasteiger charge is -2.34. The fraction of sp³-hybridized carbons (Fsp3) is 0.733. The molecular formula is C15H21ClF2N2O4. The van der Waals surface area contributed by atoms with E-state index in [1.807, 2.05) is 0 Å². The maximum absolute atomic E-state index is 14.7. The number of alkyl halides is 2. The number of morpholine rings is 1. The summed E-state index contributed by atoms with van der Waals surface area (Å²) < 4.78 is 44.0. The zero-order chi connectivity index (χ0) is 18.0. The highest BCUT2D eigenvalue weighted by Crippen LogP contribution is 2.36. The molecule has 0 aromatic heterocycles. The number of carbonyl (C=O) groups is 1. The maximum Gasteiger partial charge on any atom is 0.332 e. The molecule has 24 heavy (non-hydrogen) atoms. The number of amidine groups is 1. The first kappa shape index (κ1) is 19.1. The summed E-state index contributed by atoms with van der Waals surface area (Å²) in [7, 11) is 0. The van der Waals surface area contributed by atoms with Gasteiger partial charge < -0.3 is 19.1 Å². The van der Waals surface area contributed by atoms with Crippen molar-refractivity contribution in [1.82, 2.24) is 4.90 Å². The summed E-state index contributed by atoms with van der Waals surface area (Å²) in [4.78, 5) is 17.3. The number of hydrogen-bond acceptors (Lipinski definition) is 6. The number of aliphatic imine (C=N–C) groups is 1. The fourth-order valence-corrected chi connectivity index (χ4v) is 2.47. The minimum atomic E-state index is -3.01. The van der Waals surface area contributed by atoms with E-state index in [0.29, 0.717) is 26.3 Å². The minimum absolute atomic E-state index is 0.227. The van der Waals surface area contributed by atoms with Crippen LogP contribution in [0.5, 0.6) is 0 Å². The topological polar surface area (TPSA) is 60.4 Å². The van der Waals surface area contributed by atoms with Crippen LogP contribution in [0.3, 0.4) is 0 Å². The third-order valence-electron chi connectivity index (χ3n) is 3.29. The van der Waals surface area contributed by atoms with Crippen LogP contribution < -0.4 is 0 Å². The van der Waals surface area contributed by atoms with Gasteiger partial charge in [0.1, 0.15) is 18.0 Å². The average Bonchev–Trinajstić information content (AvgIpc) is 2.49. The Balaban J connectivity index is 2.02. The number of dihydropyridines is 1. The average molecular weight is 367 g/mol. The van der Waals surface area contributed by atoms with Gasteiger partial charge in [-0.1, -0.05) is 11.6 Å². The van der Waals surface area contributed by atoms with E-state index < -0.39 is 35.4 Å². The molecule has 0 amide bonds. The van der Waals surface area contributed by atoms with Crippen LogP contribution >= 0.6 is 11.6 Å². The zero-order valence-electron chi connectivity index (χ0n) is 13.9. The van der Waals surface area contributed by atoms with Gasteiger partial charge in [-0.2, -0.15) is 0 Å². The molecule has 2 unspecified atom stereocenters. The molecule has 9 heteroatoms. The van der Waals surface area contributed by atoms with E-state index in [-0.39, 0.29) is 5.84 Å². The highest BCUT2D eigenvalue weighted by molar-refractivity contribution is 6.22. The lowest BCUT2D eigenvalue weighted by atomic mass is 10.2. The molecule has 0 aromatic carbocycles. The zero-order valence-corrected chi connectivity index (χ0v) is 14.6.